The summed E-state index contributed by atoms with van der Waals surface area (Å²) in [5.41, 5.74) is 1.07. The minimum Gasteiger partial charge on any atom is -0.479 e. The first-order valence-corrected chi connectivity index (χ1v) is 8.95. The van der Waals surface area contributed by atoms with Crippen molar-refractivity contribution in [2.75, 3.05) is 13.7 Å². The highest BCUT2D eigenvalue weighted by Crippen LogP contribution is 2.24. The van der Waals surface area contributed by atoms with Crippen LogP contribution in [0.15, 0.2) is 18.2 Å². The standard InChI is InChI=1S/C17H22BNO4S2/c1-6-23-16(24)25-15(21)19(17(2,3)4)10-12-8-7-11(9-13(12)18)14(20)22-5/h7-9H,6,10H2,1-5H3. The van der Waals surface area contributed by atoms with Gasteiger partial charge in [0.15, 0.2) is 0 Å². The van der Waals surface area contributed by atoms with Gasteiger partial charge in [0, 0.05) is 23.8 Å². The second-order valence-electron chi connectivity index (χ2n) is 6.21. The molecular formula is C17H22BNO4S2. The van der Waals surface area contributed by atoms with Crippen LogP contribution in [0.4, 0.5) is 4.79 Å². The Morgan fingerprint density at radius 2 is 1.96 bits per heavy atom. The molecule has 0 spiro atoms. The third-order valence-electron chi connectivity index (χ3n) is 3.36. The molecule has 0 saturated carbocycles. The van der Waals surface area contributed by atoms with Crippen LogP contribution >= 0.6 is 24.0 Å². The van der Waals surface area contributed by atoms with E-state index in [0.717, 1.165) is 17.3 Å². The van der Waals surface area contributed by atoms with Crippen molar-refractivity contribution in [3.63, 3.8) is 0 Å². The molecule has 25 heavy (non-hydrogen) atoms. The Morgan fingerprint density at radius 1 is 1.32 bits per heavy atom. The van der Waals surface area contributed by atoms with E-state index >= 15 is 0 Å². The number of carbonyl (C=O) groups is 2. The number of thiocarbonyl (C=S) groups is 1. The summed E-state index contributed by atoms with van der Waals surface area (Å²) in [6.45, 7) is 8.28. The van der Waals surface area contributed by atoms with E-state index in [1.807, 2.05) is 27.7 Å². The van der Waals surface area contributed by atoms with Gasteiger partial charge in [-0.1, -0.05) is 17.6 Å². The zero-order valence-corrected chi connectivity index (χ0v) is 16.8. The van der Waals surface area contributed by atoms with E-state index in [9.17, 15) is 9.59 Å². The van der Waals surface area contributed by atoms with Crippen LogP contribution in [0, 0.1) is 0 Å². The zero-order valence-electron chi connectivity index (χ0n) is 15.1. The Hall–Kier alpha value is -1.54. The fourth-order valence-corrected chi connectivity index (χ4v) is 3.10. The summed E-state index contributed by atoms with van der Waals surface area (Å²) in [4.78, 5) is 25.9. The molecule has 0 heterocycles. The molecule has 134 valence electrons. The number of thioether (sulfide) groups is 1. The summed E-state index contributed by atoms with van der Waals surface area (Å²) in [7, 11) is 7.36. The summed E-state index contributed by atoms with van der Waals surface area (Å²) >= 11 is 5.92. The van der Waals surface area contributed by atoms with Crippen LogP contribution in [-0.4, -0.2) is 47.6 Å². The molecule has 0 aromatic heterocycles. The van der Waals surface area contributed by atoms with Crippen molar-refractivity contribution in [1.82, 2.24) is 4.90 Å². The molecule has 0 aliphatic heterocycles. The molecule has 0 fully saturated rings. The summed E-state index contributed by atoms with van der Waals surface area (Å²) in [5, 5.41) is -0.220. The minimum absolute atomic E-state index is 0.191. The van der Waals surface area contributed by atoms with Crippen LogP contribution in [0.3, 0.4) is 0 Å². The monoisotopic (exact) mass is 379 g/mol. The summed E-state index contributed by atoms with van der Waals surface area (Å²) < 4.78 is 10.0. The quantitative estimate of drug-likeness (QED) is 0.455. The largest absolute Gasteiger partial charge is 0.479 e. The smallest absolute Gasteiger partial charge is 0.337 e. The highest BCUT2D eigenvalue weighted by Gasteiger charge is 2.28. The van der Waals surface area contributed by atoms with E-state index in [4.69, 9.17) is 24.8 Å². The lowest BCUT2D eigenvalue weighted by Gasteiger charge is -2.35. The van der Waals surface area contributed by atoms with Gasteiger partial charge in [-0.2, -0.15) is 0 Å². The summed E-state index contributed by atoms with van der Waals surface area (Å²) in [6.07, 6.45) is 0. The minimum atomic E-state index is -0.459. The molecule has 1 amide bonds. The predicted octanol–water partition coefficient (Wildman–Crippen LogP) is 3.04. The first-order valence-electron chi connectivity index (χ1n) is 7.73. The van der Waals surface area contributed by atoms with Crippen molar-refractivity contribution >= 4 is 52.9 Å². The van der Waals surface area contributed by atoms with Gasteiger partial charge in [-0.05, 0) is 51.5 Å². The van der Waals surface area contributed by atoms with E-state index < -0.39 is 11.5 Å². The first-order chi connectivity index (χ1) is 11.6. The average Bonchev–Trinajstić information content (AvgIpc) is 2.51. The van der Waals surface area contributed by atoms with Crippen molar-refractivity contribution in [2.45, 2.75) is 39.8 Å². The fraction of sp³-hybridized carbons (Fsp3) is 0.471. The average molecular weight is 379 g/mol. The van der Waals surface area contributed by atoms with Gasteiger partial charge >= 0.3 is 5.97 Å². The Kier molecular flexibility index (Phi) is 7.95. The van der Waals surface area contributed by atoms with Crippen LogP contribution in [-0.2, 0) is 16.0 Å². The normalized spacial score (nSPS) is 10.9. The van der Waals surface area contributed by atoms with Crippen LogP contribution in [0.1, 0.15) is 43.6 Å². The van der Waals surface area contributed by atoms with Crippen molar-refractivity contribution in [2.24, 2.45) is 0 Å². The molecule has 0 saturated heterocycles. The number of amides is 1. The molecule has 0 bridgehead atoms. The van der Waals surface area contributed by atoms with Crippen LogP contribution in [0.2, 0.25) is 0 Å². The molecule has 0 aliphatic rings. The van der Waals surface area contributed by atoms with Crippen LogP contribution in [0.5, 0.6) is 0 Å². The predicted molar refractivity (Wildman–Crippen MR) is 106 cm³/mol. The lowest BCUT2D eigenvalue weighted by atomic mass is 9.88. The molecule has 1 aromatic rings. The number of hydrogen-bond acceptors (Lipinski definition) is 6. The second kappa shape index (κ2) is 9.24. The van der Waals surface area contributed by atoms with Gasteiger partial charge in [-0.25, -0.2) is 4.79 Å². The maximum atomic E-state index is 12.6. The van der Waals surface area contributed by atoms with E-state index in [1.165, 1.54) is 7.11 Å². The Morgan fingerprint density at radius 3 is 2.44 bits per heavy atom. The molecular weight excluding hydrogens is 357 g/mol. The zero-order chi connectivity index (χ0) is 19.2. The third kappa shape index (κ3) is 6.36. The molecule has 1 aromatic carbocycles. The van der Waals surface area contributed by atoms with Gasteiger partial charge in [0.1, 0.15) is 7.85 Å². The molecule has 0 atom stereocenters. The molecule has 1 rings (SSSR count). The summed E-state index contributed by atoms with van der Waals surface area (Å²) in [6, 6.07) is 4.89. The van der Waals surface area contributed by atoms with Crippen molar-refractivity contribution < 1.29 is 19.1 Å². The number of benzene rings is 1. The topological polar surface area (TPSA) is 55.8 Å². The Balaban J connectivity index is 3.02. The fourth-order valence-electron chi connectivity index (χ4n) is 2.00. The number of nitrogens with zero attached hydrogens (tertiary/aromatic N) is 1. The SMILES string of the molecule is [B]c1cc(C(=O)OC)ccc1CN(C(=O)SC(=S)OCC)C(C)(C)C. The molecule has 0 aliphatic carbocycles. The number of rotatable bonds is 4. The van der Waals surface area contributed by atoms with Crippen molar-refractivity contribution in [3.8, 4) is 0 Å². The van der Waals surface area contributed by atoms with Crippen LogP contribution in [0.25, 0.3) is 0 Å². The molecule has 8 heteroatoms. The summed E-state index contributed by atoms with van der Waals surface area (Å²) in [5.74, 6) is -0.459. The van der Waals surface area contributed by atoms with Gasteiger partial charge in [-0.15, -0.1) is 0 Å². The van der Waals surface area contributed by atoms with Gasteiger partial charge < -0.3 is 14.4 Å². The van der Waals surface area contributed by atoms with Crippen molar-refractivity contribution in [3.05, 3.63) is 29.3 Å². The van der Waals surface area contributed by atoms with Gasteiger partial charge in [0.25, 0.3) is 5.24 Å². The number of hydrogen-bond donors (Lipinski definition) is 0. The van der Waals surface area contributed by atoms with Gasteiger partial charge in [0.05, 0.1) is 19.3 Å². The highest BCUT2D eigenvalue weighted by molar-refractivity contribution is 8.32. The number of ether oxygens (including phenoxy) is 2. The molecule has 2 radical (unpaired) electrons. The van der Waals surface area contributed by atoms with Gasteiger partial charge in [0.2, 0.25) is 4.38 Å². The second-order valence-corrected chi connectivity index (χ2v) is 7.77. The first kappa shape index (κ1) is 21.5. The van der Waals surface area contributed by atoms with Crippen LogP contribution < -0.4 is 5.46 Å². The maximum absolute atomic E-state index is 12.6. The van der Waals surface area contributed by atoms with E-state index in [-0.39, 0.29) is 16.2 Å². The molecule has 5 nitrogen and oxygen atoms in total. The number of methoxy groups -OCH3 is 1. The Bertz CT molecular complexity index is 659. The van der Waals surface area contributed by atoms with E-state index in [0.29, 0.717) is 17.6 Å². The van der Waals surface area contributed by atoms with E-state index in [2.05, 4.69) is 4.74 Å². The van der Waals surface area contributed by atoms with Crippen molar-refractivity contribution in [1.29, 1.82) is 0 Å². The number of esters is 1. The number of carbonyl (C=O) groups excluding carboxylic acids is 2. The maximum Gasteiger partial charge on any atom is 0.337 e. The lowest BCUT2D eigenvalue weighted by Crippen LogP contribution is -2.44. The Labute approximate surface area is 159 Å². The van der Waals surface area contributed by atoms with Gasteiger partial charge in [-0.3, -0.25) is 4.79 Å². The molecule has 0 N–H and O–H groups in total. The highest BCUT2D eigenvalue weighted by atomic mass is 32.2. The van der Waals surface area contributed by atoms with E-state index in [1.54, 1.807) is 23.1 Å². The molecule has 0 unspecified atom stereocenters. The lowest BCUT2D eigenvalue weighted by molar-refractivity contribution is 0.0600. The third-order valence-corrected chi connectivity index (χ3v) is 4.41.